The number of fused-ring (bicyclic) bond motifs is 1. The summed E-state index contributed by atoms with van der Waals surface area (Å²) in [6.45, 7) is 8.87. The number of carbonyl (C=O) groups is 2. The maximum Gasteiger partial charge on any atom is 0.242 e. The molecule has 2 heterocycles. The molecule has 2 aliphatic heterocycles. The quantitative estimate of drug-likeness (QED) is 0.366. The van der Waals surface area contributed by atoms with Gasteiger partial charge in [0, 0.05) is 49.7 Å². The number of piperazine rings is 1. The van der Waals surface area contributed by atoms with Gasteiger partial charge in [0.05, 0.1) is 0 Å². The first-order chi connectivity index (χ1) is 17.0. The summed E-state index contributed by atoms with van der Waals surface area (Å²) >= 11 is 0. The summed E-state index contributed by atoms with van der Waals surface area (Å²) in [5, 5.41) is 0. The fourth-order valence-electron chi connectivity index (χ4n) is 5.70. The predicted molar refractivity (Wildman–Crippen MR) is 156 cm³/mol. The van der Waals surface area contributed by atoms with E-state index in [9.17, 15) is 9.59 Å². The van der Waals surface area contributed by atoms with E-state index in [-0.39, 0.29) is 36.5 Å². The normalized spacial score (nSPS) is 19.1. The van der Waals surface area contributed by atoms with Crippen molar-refractivity contribution < 1.29 is 9.59 Å². The third kappa shape index (κ3) is 5.26. The van der Waals surface area contributed by atoms with E-state index in [1.807, 2.05) is 47.4 Å². The molecule has 5 rings (SSSR count). The number of amides is 1. The smallest absolute Gasteiger partial charge is 0.242 e. The average molecular weight is 541 g/mol. The number of Topliss-reactive ketones (excluding diaryl/α,β-unsaturated/α-hetero) is 1. The molecule has 3 aromatic rings. The Morgan fingerprint density at radius 3 is 2.22 bits per heavy atom. The van der Waals surface area contributed by atoms with E-state index in [0.29, 0.717) is 6.54 Å². The number of nitrogens with zero attached hydrogens (tertiary/aromatic N) is 3. The van der Waals surface area contributed by atoms with Crippen molar-refractivity contribution in [2.45, 2.75) is 25.7 Å². The van der Waals surface area contributed by atoms with Crippen molar-refractivity contribution in [1.82, 2.24) is 4.90 Å². The van der Waals surface area contributed by atoms with E-state index in [1.165, 1.54) is 0 Å². The number of likely N-dealkylation sites (N-methyl/N-ethyl adjacent to an activating group) is 1. The number of benzene rings is 3. The first-order valence-electron chi connectivity index (χ1n) is 12.6. The molecule has 7 heteroatoms. The summed E-state index contributed by atoms with van der Waals surface area (Å²) in [7, 11) is 0. The highest BCUT2D eigenvalue weighted by atomic mass is 35.5. The zero-order valence-electron chi connectivity index (χ0n) is 21.4. The minimum absolute atomic E-state index is 0. The molecule has 1 fully saturated rings. The number of ketones is 1. The van der Waals surface area contributed by atoms with Crippen molar-refractivity contribution in [3.05, 3.63) is 95.6 Å². The number of hydrogen-bond acceptors (Lipinski definition) is 4. The Morgan fingerprint density at radius 1 is 0.865 bits per heavy atom. The molecule has 196 valence electrons. The van der Waals surface area contributed by atoms with Gasteiger partial charge in [0.15, 0.2) is 5.78 Å². The molecule has 1 amide bonds. The van der Waals surface area contributed by atoms with Crippen LogP contribution in [0, 0.1) is 0 Å². The minimum atomic E-state index is -0.652. The highest BCUT2D eigenvalue weighted by molar-refractivity contribution is 6.10. The molecule has 0 radical (unpaired) electrons. The van der Waals surface area contributed by atoms with E-state index in [4.69, 9.17) is 0 Å². The molecule has 0 spiro atoms. The van der Waals surface area contributed by atoms with Gasteiger partial charge in [-0.3, -0.25) is 14.5 Å². The predicted octanol–water partition coefficient (Wildman–Crippen LogP) is 5.60. The van der Waals surface area contributed by atoms with Crippen LogP contribution in [0.5, 0.6) is 0 Å². The van der Waals surface area contributed by atoms with E-state index < -0.39 is 5.41 Å². The van der Waals surface area contributed by atoms with Crippen LogP contribution in [0.2, 0.25) is 0 Å². The molecular weight excluding hydrogens is 505 g/mol. The summed E-state index contributed by atoms with van der Waals surface area (Å²) in [4.78, 5) is 32.5. The molecule has 1 unspecified atom stereocenters. The summed E-state index contributed by atoms with van der Waals surface area (Å²) in [5.41, 5.74) is 4.45. The third-order valence-electron chi connectivity index (χ3n) is 7.64. The van der Waals surface area contributed by atoms with Crippen molar-refractivity contribution in [3.63, 3.8) is 0 Å². The Balaban J connectivity index is 0.00000190. The lowest BCUT2D eigenvalue weighted by molar-refractivity contribution is -0.122. The molecule has 0 aromatic heterocycles. The van der Waals surface area contributed by atoms with Crippen molar-refractivity contribution in [1.29, 1.82) is 0 Å². The molecular formula is C30H35Cl2N3O2. The van der Waals surface area contributed by atoms with Gasteiger partial charge in [-0.1, -0.05) is 60.7 Å². The number of rotatable bonds is 7. The van der Waals surface area contributed by atoms with E-state index in [2.05, 4.69) is 53.1 Å². The van der Waals surface area contributed by atoms with Gasteiger partial charge in [-0.25, -0.2) is 0 Å². The second kappa shape index (κ2) is 12.1. The Kier molecular flexibility index (Phi) is 9.41. The number of halogens is 2. The lowest BCUT2D eigenvalue weighted by atomic mass is 9.72. The van der Waals surface area contributed by atoms with Gasteiger partial charge in [-0.2, -0.15) is 0 Å². The summed E-state index contributed by atoms with van der Waals surface area (Å²) in [6.07, 6.45) is 0.753. The molecule has 2 aliphatic rings. The molecule has 3 aromatic carbocycles. The molecule has 0 aliphatic carbocycles. The van der Waals surface area contributed by atoms with Gasteiger partial charge in [-0.15, -0.1) is 24.8 Å². The monoisotopic (exact) mass is 539 g/mol. The summed E-state index contributed by atoms with van der Waals surface area (Å²) in [6, 6.07) is 26.5. The minimum Gasteiger partial charge on any atom is -0.369 e. The Labute approximate surface area is 232 Å². The molecule has 0 N–H and O–H groups in total. The topological polar surface area (TPSA) is 43.9 Å². The van der Waals surface area contributed by atoms with Crippen molar-refractivity contribution >= 4 is 47.9 Å². The maximum atomic E-state index is 14.0. The second-order valence-corrected chi connectivity index (χ2v) is 9.52. The Hall–Kier alpha value is -2.86. The van der Waals surface area contributed by atoms with E-state index >= 15 is 0 Å². The lowest BCUT2D eigenvalue weighted by Gasteiger charge is -2.38. The largest absolute Gasteiger partial charge is 0.369 e. The highest BCUT2D eigenvalue weighted by Gasteiger charge is 2.51. The van der Waals surface area contributed by atoms with E-state index in [0.717, 1.165) is 67.2 Å². The molecule has 5 nitrogen and oxygen atoms in total. The van der Waals surface area contributed by atoms with Crippen LogP contribution in [0.3, 0.4) is 0 Å². The van der Waals surface area contributed by atoms with Crippen LogP contribution in [0.1, 0.15) is 41.8 Å². The fourth-order valence-corrected chi connectivity index (χ4v) is 5.70. The van der Waals surface area contributed by atoms with Crippen molar-refractivity contribution in [2.24, 2.45) is 0 Å². The molecule has 1 saturated heterocycles. The third-order valence-corrected chi connectivity index (χ3v) is 7.64. The highest BCUT2D eigenvalue weighted by Crippen LogP contribution is 2.48. The van der Waals surface area contributed by atoms with Crippen LogP contribution in [0.4, 0.5) is 11.4 Å². The number of anilines is 2. The van der Waals surface area contributed by atoms with Gasteiger partial charge in [0.25, 0.3) is 0 Å². The lowest BCUT2D eigenvalue weighted by Crippen LogP contribution is -2.49. The number of para-hydroxylation sites is 1. The Bertz CT molecular complexity index is 1230. The Morgan fingerprint density at radius 2 is 1.54 bits per heavy atom. The van der Waals surface area contributed by atoms with Crippen LogP contribution >= 0.6 is 24.8 Å². The van der Waals surface area contributed by atoms with Crippen molar-refractivity contribution in [3.8, 4) is 0 Å². The molecule has 1 atom stereocenters. The molecule has 0 bridgehead atoms. The standard InChI is InChI=1S/C30H33N3O2.2ClH/c1-3-33-28-15-8-7-14-27(28)30(29(33)35,25-11-5-4-6-12-25)16-17-31-18-20-32(21-19-31)26-13-9-10-24(22-26)23(2)34;;/h4-15,22H,3,16-21H2,1-2H3;2*1H. The zero-order valence-corrected chi connectivity index (χ0v) is 23.1. The van der Waals surface area contributed by atoms with Crippen LogP contribution in [0.25, 0.3) is 0 Å². The first-order valence-corrected chi connectivity index (χ1v) is 12.6. The fraction of sp³-hybridized carbons (Fsp3) is 0.333. The zero-order chi connectivity index (χ0) is 24.4. The number of hydrogen-bond donors (Lipinski definition) is 0. The van der Waals surface area contributed by atoms with Crippen LogP contribution in [-0.4, -0.2) is 55.9 Å². The van der Waals surface area contributed by atoms with Gasteiger partial charge < -0.3 is 9.80 Å². The van der Waals surface area contributed by atoms with Gasteiger partial charge in [0.1, 0.15) is 5.41 Å². The molecule has 37 heavy (non-hydrogen) atoms. The van der Waals surface area contributed by atoms with Crippen LogP contribution < -0.4 is 9.80 Å². The van der Waals surface area contributed by atoms with Gasteiger partial charge >= 0.3 is 0 Å². The molecule has 0 saturated carbocycles. The summed E-state index contributed by atoms with van der Waals surface area (Å²) in [5.74, 6) is 0.284. The first kappa shape index (κ1) is 28.7. The van der Waals surface area contributed by atoms with Gasteiger partial charge in [-0.05, 0) is 56.1 Å². The maximum absolute atomic E-state index is 14.0. The van der Waals surface area contributed by atoms with Crippen molar-refractivity contribution in [2.75, 3.05) is 49.1 Å². The SMILES string of the molecule is CCN1C(=O)C(CCN2CCN(c3cccc(C(C)=O)c3)CC2)(c2ccccc2)c2ccccc21.Cl.Cl. The van der Waals surface area contributed by atoms with E-state index in [1.54, 1.807) is 6.92 Å². The second-order valence-electron chi connectivity index (χ2n) is 9.52. The summed E-state index contributed by atoms with van der Waals surface area (Å²) < 4.78 is 0. The average Bonchev–Trinajstić information content (AvgIpc) is 3.16. The number of carbonyl (C=O) groups excluding carboxylic acids is 2. The van der Waals surface area contributed by atoms with Crippen LogP contribution in [0.15, 0.2) is 78.9 Å². The van der Waals surface area contributed by atoms with Gasteiger partial charge in [0.2, 0.25) is 5.91 Å². The van der Waals surface area contributed by atoms with Crippen LogP contribution in [-0.2, 0) is 10.2 Å².